The Labute approximate surface area is 142 Å². The van der Waals surface area contributed by atoms with Crippen LogP contribution in [0.15, 0.2) is 35.9 Å². The SMILES string of the molecule is CC(C)=CC(=O)Nc1ccc(C(=O)CCN2CCSCC2)cc1. The standard InChI is InChI=1S/C18H24N2O2S/c1-14(2)13-18(22)19-16-5-3-15(4-6-16)17(21)7-8-20-9-11-23-12-10-20/h3-6,13H,7-12H2,1-2H3,(H,19,22). The van der Waals surface area contributed by atoms with E-state index >= 15 is 0 Å². The number of Topliss-reactive ketones (excluding diaryl/α,β-unsaturated/α-hetero) is 1. The topological polar surface area (TPSA) is 49.4 Å². The zero-order chi connectivity index (χ0) is 16.7. The van der Waals surface area contributed by atoms with E-state index in [1.165, 1.54) is 0 Å². The summed E-state index contributed by atoms with van der Waals surface area (Å²) in [6.07, 6.45) is 2.10. The van der Waals surface area contributed by atoms with Gasteiger partial charge in [0.05, 0.1) is 0 Å². The minimum absolute atomic E-state index is 0.146. The van der Waals surface area contributed by atoms with Gasteiger partial charge in [0.15, 0.2) is 5.78 Å². The highest BCUT2D eigenvalue weighted by molar-refractivity contribution is 7.99. The van der Waals surface area contributed by atoms with Gasteiger partial charge in [0.2, 0.25) is 5.91 Å². The van der Waals surface area contributed by atoms with Crippen molar-refractivity contribution in [1.29, 1.82) is 0 Å². The number of carbonyl (C=O) groups excluding carboxylic acids is 2. The number of thioether (sulfide) groups is 1. The molecule has 0 saturated carbocycles. The van der Waals surface area contributed by atoms with Crippen LogP contribution in [0, 0.1) is 0 Å². The summed E-state index contributed by atoms with van der Waals surface area (Å²) < 4.78 is 0. The summed E-state index contributed by atoms with van der Waals surface area (Å²) in [5, 5.41) is 2.79. The molecule has 23 heavy (non-hydrogen) atoms. The largest absolute Gasteiger partial charge is 0.323 e. The van der Waals surface area contributed by atoms with E-state index in [4.69, 9.17) is 0 Å². The number of rotatable bonds is 6. The van der Waals surface area contributed by atoms with Crippen LogP contribution >= 0.6 is 11.8 Å². The highest BCUT2D eigenvalue weighted by Crippen LogP contribution is 2.13. The number of benzene rings is 1. The average molecular weight is 332 g/mol. The van der Waals surface area contributed by atoms with Gasteiger partial charge in [0, 0.05) is 54.9 Å². The number of nitrogens with zero attached hydrogens (tertiary/aromatic N) is 1. The number of anilines is 1. The van der Waals surface area contributed by atoms with Crippen LogP contribution in [0.5, 0.6) is 0 Å². The van der Waals surface area contributed by atoms with Crippen molar-refractivity contribution in [2.75, 3.05) is 36.5 Å². The Hall–Kier alpha value is -1.59. The smallest absolute Gasteiger partial charge is 0.248 e. The van der Waals surface area contributed by atoms with Gasteiger partial charge < -0.3 is 10.2 Å². The summed E-state index contributed by atoms with van der Waals surface area (Å²) in [6.45, 7) is 6.74. The molecule has 1 aliphatic heterocycles. The molecule has 5 heteroatoms. The molecule has 1 heterocycles. The van der Waals surface area contributed by atoms with Crippen LogP contribution in [0.1, 0.15) is 30.6 Å². The molecular formula is C18H24N2O2S. The highest BCUT2D eigenvalue weighted by atomic mass is 32.2. The predicted molar refractivity (Wildman–Crippen MR) is 97.2 cm³/mol. The maximum absolute atomic E-state index is 12.2. The van der Waals surface area contributed by atoms with Gasteiger partial charge in [-0.25, -0.2) is 0 Å². The molecular weight excluding hydrogens is 308 g/mol. The first-order valence-corrected chi connectivity index (χ1v) is 9.09. The second-order valence-corrected chi connectivity index (χ2v) is 7.14. The molecule has 1 saturated heterocycles. The molecule has 0 atom stereocenters. The molecule has 1 aromatic rings. The fourth-order valence-electron chi connectivity index (χ4n) is 2.41. The molecule has 124 valence electrons. The predicted octanol–water partition coefficient (Wildman–Crippen LogP) is 3.21. The van der Waals surface area contributed by atoms with Crippen molar-refractivity contribution in [3.05, 3.63) is 41.5 Å². The van der Waals surface area contributed by atoms with Gasteiger partial charge in [-0.2, -0.15) is 11.8 Å². The lowest BCUT2D eigenvalue weighted by Crippen LogP contribution is -2.34. The molecule has 2 rings (SSSR count). The molecule has 4 nitrogen and oxygen atoms in total. The quantitative estimate of drug-likeness (QED) is 0.642. The first kappa shape index (κ1) is 17.8. The van der Waals surface area contributed by atoms with E-state index in [0.717, 1.165) is 36.7 Å². The molecule has 0 bridgehead atoms. The van der Waals surface area contributed by atoms with E-state index in [0.29, 0.717) is 17.7 Å². The normalized spacial score (nSPS) is 15.0. The Bertz CT molecular complexity index is 571. The van der Waals surface area contributed by atoms with E-state index in [-0.39, 0.29) is 11.7 Å². The Morgan fingerprint density at radius 3 is 2.43 bits per heavy atom. The zero-order valence-corrected chi connectivity index (χ0v) is 14.6. The van der Waals surface area contributed by atoms with Crippen LogP contribution in [0.4, 0.5) is 5.69 Å². The van der Waals surface area contributed by atoms with Gasteiger partial charge in [-0.05, 0) is 38.1 Å². The van der Waals surface area contributed by atoms with Crippen molar-refractivity contribution in [1.82, 2.24) is 4.90 Å². The Kier molecular flexibility index (Phi) is 6.86. The number of nitrogens with one attached hydrogen (secondary N) is 1. The molecule has 1 aliphatic rings. The fraction of sp³-hybridized carbons (Fsp3) is 0.444. The second kappa shape index (κ2) is 8.89. The summed E-state index contributed by atoms with van der Waals surface area (Å²) in [5.74, 6) is 2.33. The van der Waals surface area contributed by atoms with E-state index in [2.05, 4.69) is 10.2 Å². The number of ketones is 1. The van der Waals surface area contributed by atoms with E-state index in [1.807, 2.05) is 25.6 Å². The maximum Gasteiger partial charge on any atom is 0.248 e. The third kappa shape index (κ3) is 6.20. The van der Waals surface area contributed by atoms with Crippen molar-refractivity contribution in [3.63, 3.8) is 0 Å². The zero-order valence-electron chi connectivity index (χ0n) is 13.8. The number of allylic oxidation sites excluding steroid dienone is 1. The minimum Gasteiger partial charge on any atom is -0.323 e. The summed E-state index contributed by atoms with van der Waals surface area (Å²) in [7, 11) is 0. The molecule has 1 aromatic carbocycles. The molecule has 1 amide bonds. The minimum atomic E-state index is -0.146. The summed E-state index contributed by atoms with van der Waals surface area (Å²) >= 11 is 1.97. The molecule has 0 spiro atoms. The summed E-state index contributed by atoms with van der Waals surface area (Å²) in [4.78, 5) is 26.2. The van der Waals surface area contributed by atoms with Gasteiger partial charge in [0.1, 0.15) is 0 Å². The van der Waals surface area contributed by atoms with Crippen molar-refractivity contribution in [2.45, 2.75) is 20.3 Å². The van der Waals surface area contributed by atoms with Crippen molar-refractivity contribution in [2.24, 2.45) is 0 Å². The Morgan fingerprint density at radius 1 is 1.17 bits per heavy atom. The van der Waals surface area contributed by atoms with E-state index in [9.17, 15) is 9.59 Å². The van der Waals surface area contributed by atoms with Gasteiger partial charge >= 0.3 is 0 Å². The highest BCUT2D eigenvalue weighted by Gasteiger charge is 2.13. The first-order chi connectivity index (χ1) is 11.0. The van der Waals surface area contributed by atoms with Gasteiger partial charge in [-0.15, -0.1) is 0 Å². The number of hydrogen-bond acceptors (Lipinski definition) is 4. The number of carbonyl (C=O) groups is 2. The average Bonchev–Trinajstić information content (AvgIpc) is 2.53. The van der Waals surface area contributed by atoms with Crippen molar-refractivity contribution >= 4 is 29.1 Å². The monoisotopic (exact) mass is 332 g/mol. The third-order valence-electron chi connectivity index (χ3n) is 3.65. The molecule has 1 N–H and O–H groups in total. The number of hydrogen-bond donors (Lipinski definition) is 1. The molecule has 0 unspecified atom stereocenters. The van der Waals surface area contributed by atoms with Crippen molar-refractivity contribution < 1.29 is 9.59 Å². The lowest BCUT2D eigenvalue weighted by Gasteiger charge is -2.25. The molecule has 0 radical (unpaired) electrons. The van der Waals surface area contributed by atoms with Crippen LogP contribution in [-0.4, -0.2) is 47.7 Å². The Balaban J connectivity index is 1.84. The van der Waals surface area contributed by atoms with Crippen LogP contribution in [0.2, 0.25) is 0 Å². The number of amides is 1. The Morgan fingerprint density at radius 2 is 1.83 bits per heavy atom. The summed E-state index contributed by atoms with van der Waals surface area (Å²) in [5.41, 5.74) is 2.36. The maximum atomic E-state index is 12.2. The first-order valence-electron chi connectivity index (χ1n) is 7.94. The van der Waals surface area contributed by atoms with Gasteiger partial charge in [0.25, 0.3) is 0 Å². The van der Waals surface area contributed by atoms with Crippen LogP contribution in [0.3, 0.4) is 0 Å². The van der Waals surface area contributed by atoms with Gasteiger partial charge in [-0.3, -0.25) is 9.59 Å². The van der Waals surface area contributed by atoms with Gasteiger partial charge in [-0.1, -0.05) is 5.57 Å². The molecule has 0 aliphatic carbocycles. The van der Waals surface area contributed by atoms with E-state index < -0.39 is 0 Å². The lowest BCUT2D eigenvalue weighted by molar-refractivity contribution is -0.111. The van der Waals surface area contributed by atoms with Crippen molar-refractivity contribution in [3.8, 4) is 0 Å². The van der Waals surface area contributed by atoms with E-state index in [1.54, 1.807) is 30.3 Å². The fourth-order valence-corrected chi connectivity index (χ4v) is 3.39. The van der Waals surface area contributed by atoms with Crippen LogP contribution in [0.25, 0.3) is 0 Å². The second-order valence-electron chi connectivity index (χ2n) is 5.92. The lowest BCUT2D eigenvalue weighted by atomic mass is 10.1. The molecule has 1 fully saturated rings. The van der Waals surface area contributed by atoms with Crippen LogP contribution in [-0.2, 0) is 4.79 Å². The summed E-state index contributed by atoms with van der Waals surface area (Å²) in [6, 6.07) is 7.13. The molecule has 0 aromatic heterocycles. The third-order valence-corrected chi connectivity index (χ3v) is 4.60. The van der Waals surface area contributed by atoms with Crippen LogP contribution < -0.4 is 5.32 Å².